The molecule has 0 aliphatic heterocycles. The molecule has 0 aliphatic carbocycles. The monoisotopic (exact) mass is 326 g/mol. The van der Waals surface area contributed by atoms with Gasteiger partial charge in [-0.05, 0) is 41.1 Å². The van der Waals surface area contributed by atoms with Crippen LogP contribution < -0.4 is 0 Å². The maximum Gasteiger partial charge on any atom is 0.338 e. The Morgan fingerprint density at radius 3 is 2.62 bits per heavy atom. The van der Waals surface area contributed by atoms with E-state index in [1.54, 1.807) is 6.92 Å². The lowest BCUT2D eigenvalue weighted by atomic mass is 10.2. The van der Waals surface area contributed by atoms with E-state index in [9.17, 15) is 13.2 Å². The van der Waals surface area contributed by atoms with Gasteiger partial charge in [0.05, 0.1) is 17.1 Å². The van der Waals surface area contributed by atoms with Crippen LogP contribution in [0, 0.1) is 0 Å². The molecule has 4 nitrogen and oxygen atoms in total. The van der Waals surface area contributed by atoms with Crippen LogP contribution in [0.15, 0.2) is 27.6 Å². The van der Waals surface area contributed by atoms with Gasteiger partial charge in [-0.3, -0.25) is 0 Å². The fourth-order valence-electron chi connectivity index (χ4n) is 1.03. The number of esters is 1. The molecule has 0 saturated carbocycles. The predicted octanol–water partition coefficient (Wildman–Crippen LogP) is 2.55. The van der Waals surface area contributed by atoms with Gasteiger partial charge in [-0.15, -0.1) is 0 Å². The Morgan fingerprint density at radius 2 is 2.12 bits per heavy atom. The van der Waals surface area contributed by atoms with Crippen LogP contribution in [0.25, 0.3) is 0 Å². The average Bonchev–Trinajstić information content (AvgIpc) is 2.16. The molecule has 0 aromatic heterocycles. The van der Waals surface area contributed by atoms with E-state index in [0.717, 1.165) is 0 Å². The first-order valence-corrected chi connectivity index (χ1v) is 7.38. The van der Waals surface area contributed by atoms with E-state index in [-0.39, 0.29) is 17.1 Å². The number of carbonyl (C=O) groups is 1. The molecule has 7 heteroatoms. The number of halogens is 2. The third kappa shape index (κ3) is 3.20. The third-order valence-electron chi connectivity index (χ3n) is 1.71. The van der Waals surface area contributed by atoms with Crippen LogP contribution in [0.4, 0.5) is 0 Å². The SMILES string of the molecule is CCOC(=O)c1ccc(Br)c(S(=O)(=O)Cl)c1. The van der Waals surface area contributed by atoms with Gasteiger partial charge in [-0.25, -0.2) is 13.2 Å². The molecule has 0 radical (unpaired) electrons. The Balaban J connectivity index is 3.23. The molecule has 0 heterocycles. The molecule has 0 bridgehead atoms. The zero-order valence-corrected chi connectivity index (χ0v) is 11.4. The van der Waals surface area contributed by atoms with E-state index >= 15 is 0 Å². The summed E-state index contributed by atoms with van der Waals surface area (Å²) in [5.41, 5.74) is 0.143. The molecular formula is C9H8BrClO4S. The van der Waals surface area contributed by atoms with Gasteiger partial charge in [0.1, 0.15) is 0 Å². The van der Waals surface area contributed by atoms with E-state index in [4.69, 9.17) is 15.4 Å². The lowest BCUT2D eigenvalue weighted by Gasteiger charge is -2.04. The van der Waals surface area contributed by atoms with Crippen molar-refractivity contribution in [3.8, 4) is 0 Å². The van der Waals surface area contributed by atoms with Crippen LogP contribution in [0.1, 0.15) is 17.3 Å². The highest BCUT2D eigenvalue weighted by atomic mass is 79.9. The van der Waals surface area contributed by atoms with Crippen molar-refractivity contribution in [3.63, 3.8) is 0 Å². The molecule has 0 amide bonds. The summed E-state index contributed by atoms with van der Waals surface area (Å²) in [7, 11) is 1.32. The molecule has 0 aliphatic rings. The first-order valence-electron chi connectivity index (χ1n) is 4.27. The van der Waals surface area contributed by atoms with Gasteiger partial charge in [-0.2, -0.15) is 0 Å². The first kappa shape index (κ1) is 13.5. The molecular weight excluding hydrogens is 320 g/mol. The summed E-state index contributed by atoms with van der Waals surface area (Å²) in [6.07, 6.45) is 0. The quantitative estimate of drug-likeness (QED) is 0.632. The van der Waals surface area contributed by atoms with E-state index in [1.807, 2.05) is 0 Å². The van der Waals surface area contributed by atoms with Gasteiger partial charge in [0.25, 0.3) is 9.05 Å². The van der Waals surface area contributed by atoms with Gasteiger partial charge in [0.15, 0.2) is 0 Å². The van der Waals surface area contributed by atoms with Crippen LogP contribution in [-0.4, -0.2) is 21.0 Å². The van der Waals surface area contributed by atoms with Gasteiger partial charge in [-0.1, -0.05) is 0 Å². The predicted molar refractivity (Wildman–Crippen MR) is 63.1 cm³/mol. The maximum atomic E-state index is 11.4. The van der Waals surface area contributed by atoms with Crippen LogP contribution in [-0.2, 0) is 13.8 Å². The van der Waals surface area contributed by atoms with Gasteiger partial charge in [0.2, 0.25) is 0 Å². The number of carbonyl (C=O) groups excluding carboxylic acids is 1. The van der Waals surface area contributed by atoms with E-state index in [2.05, 4.69) is 15.9 Å². The smallest absolute Gasteiger partial charge is 0.338 e. The Morgan fingerprint density at radius 1 is 1.50 bits per heavy atom. The summed E-state index contributed by atoms with van der Waals surface area (Å²) in [5.74, 6) is -0.587. The molecule has 1 aromatic rings. The molecule has 88 valence electrons. The minimum Gasteiger partial charge on any atom is -0.462 e. The second-order valence-electron chi connectivity index (χ2n) is 2.80. The lowest BCUT2D eigenvalue weighted by Crippen LogP contribution is -2.06. The Hall–Kier alpha value is -0.590. The zero-order chi connectivity index (χ0) is 12.3. The third-order valence-corrected chi connectivity index (χ3v) is 4.02. The Kier molecular flexibility index (Phi) is 4.35. The number of hydrogen-bond donors (Lipinski definition) is 0. The fraction of sp³-hybridized carbons (Fsp3) is 0.222. The van der Waals surface area contributed by atoms with Crippen molar-refractivity contribution in [1.29, 1.82) is 0 Å². The van der Waals surface area contributed by atoms with Crippen molar-refractivity contribution in [1.82, 2.24) is 0 Å². The summed E-state index contributed by atoms with van der Waals surface area (Å²) in [6, 6.07) is 4.06. The minimum absolute atomic E-state index is 0.143. The van der Waals surface area contributed by atoms with Crippen molar-refractivity contribution < 1.29 is 17.9 Å². The number of ether oxygens (including phenoxy) is 1. The highest BCUT2D eigenvalue weighted by Gasteiger charge is 2.17. The zero-order valence-electron chi connectivity index (χ0n) is 8.24. The normalized spacial score (nSPS) is 11.2. The van der Waals surface area contributed by atoms with E-state index in [1.165, 1.54) is 18.2 Å². The van der Waals surface area contributed by atoms with Crippen LogP contribution >= 0.6 is 26.6 Å². The summed E-state index contributed by atoms with van der Waals surface area (Å²) in [6.45, 7) is 1.88. The van der Waals surface area contributed by atoms with Crippen molar-refractivity contribution in [2.45, 2.75) is 11.8 Å². The van der Waals surface area contributed by atoms with Crippen molar-refractivity contribution in [2.24, 2.45) is 0 Å². The van der Waals surface area contributed by atoms with Crippen molar-refractivity contribution in [2.75, 3.05) is 6.61 Å². The molecule has 0 N–H and O–H groups in total. The average molecular weight is 328 g/mol. The molecule has 1 aromatic carbocycles. The standard InChI is InChI=1S/C9H8BrClO4S/c1-2-15-9(12)6-3-4-7(10)8(5-6)16(11,13)14/h3-5H,2H2,1H3. The lowest BCUT2D eigenvalue weighted by molar-refractivity contribution is 0.0526. The van der Waals surface area contributed by atoms with Gasteiger partial charge < -0.3 is 4.74 Å². The molecule has 16 heavy (non-hydrogen) atoms. The molecule has 0 fully saturated rings. The van der Waals surface area contributed by atoms with E-state index < -0.39 is 15.0 Å². The molecule has 0 atom stereocenters. The van der Waals surface area contributed by atoms with E-state index in [0.29, 0.717) is 4.47 Å². The highest BCUT2D eigenvalue weighted by molar-refractivity contribution is 9.10. The maximum absolute atomic E-state index is 11.4. The topological polar surface area (TPSA) is 60.4 Å². The number of rotatable bonds is 3. The fourth-order valence-corrected chi connectivity index (χ4v) is 3.15. The summed E-state index contributed by atoms with van der Waals surface area (Å²) < 4.78 is 27.4. The second-order valence-corrected chi connectivity index (χ2v) is 6.19. The summed E-state index contributed by atoms with van der Waals surface area (Å²) in [5, 5.41) is 0. The van der Waals surface area contributed by atoms with Crippen molar-refractivity contribution >= 4 is 41.6 Å². The van der Waals surface area contributed by atoms with Crippen molar-refractivity contribution in [3.05, 3.63) is 28.2 Å². The van der Waals surface area contributed by atoms with Crippen LogP contribution in [0.2, 0.25) is 0 Å². The van der Waals surface area contributed by atoms with Gasteiger partial charge in [0, 0.05) is 15.2 Å². The Bertz CT molecular complexity index is 512. The molecule has 1 rings (SSSR count). The minimum atomic E-state index is -3.89. The molecule has 0 spiro atoms. The van der Waals surface area contributed by atoms with Gasteiger partial charge >= 0.3 is 5.97 Å². The molecule has 0 unspecified atom stereocenters. The Labute approximate surface area is 106 Å². The largest absolute Gasteiger partial charge is 0.462 e. The number of benzene rings is 1. The first-order chi connectivity index (χ1) is 7.36. The number of hydrogen-bond acceptors (Lipinski definition) is 4. The second kappa shape index (κ2) is 5.16. The van der Waals surface area contributed by atoms with Crippen LogP contribution in [0.5, 0.6) is 0 Å². The summed E-state index contributed by atoms with van der Waals surface area (Å²) in [4.78, 5) is 11.2. The summed E-state index contributed by atoms with van der Waals surface area (Å²) >= 11 is 3.04. The highest BCUT2D eigenvalue weighted by Crippen LogP contribution is 2.26. The van der Waals surface area contributed by atoms with Crippen LogP contribution in [0.3, 0.4) is 0 Å². The molecule has 0 saturated heterocycles.